The molecule has 0 amide bonds. The lowest BCUT2D eigenvalue weighted by Gasteiger charge is -1.86. The highest BCUT2D eigenvalue weighted by Crippen LogP contribution is 2.29. The molecule has 2 heterocycles. The summed E-state index contributed by atoms with van der Waals surface area (Å²) in [5.74, 6) is 1.25. The third-order valence-electron chi connectivity index (χ3n) is 1.59. The molecule has 0 radical (unpaired) electrons. The van der Waals surface area contributed by atoms with Crippen LogP contribution in [0.15, 0.2) is 20.4 Å². The molecule has 0 aliphatic rings. The van der Waals surface area contributed by atoms with E-state index in [1.807, 2.05) is 19.2 Å². The fourth-order valence-electron chi connectivity index (χ4n) is 1.01. The number of thiophene rings is 1. The molecule has 0 atom stereocenters. The molecule has 74 valence electrons. The monoisotopic (exact) mass is 273 g/mol. The fourth-order valence-corrected chi connectivity index (χ4v) is 2.32. The van der Waals surface area contributed by atoms with Crippen molar-refractivity contribution >= 4 is 27.3 Å². The maximum atomic E-state index is 5.04. The summed E-state index contributed by atoms with van der Waals surface area (Å²) in [6, 6.07) is 3.93. The summed E-state index contributed by atoms with van der Waals surface area (Å²) in [4.78, 5) is 5.24. The molecular formula is C8H8BrN3OS. The van der Waals surface area contributed by atoms with Crippen molar-refractivity contribution in [3.05, 3.63) is 21.8 Å². The molecule has 0 unspecified atom stereocenters. The Kier molecular flexibility index (Phi) is 2.95. The molecule has 0 aliphatic carbocycles. The molecule has 2 aromatic rings. The maximum absolute atomic E-state index is 5.04. The van der Waals surface area contributed by atoms with Gasteiger partial charge in [-0.3, -0.25) is 0 Å². The van der Waals surface area contributed by atoms with Crippen LogP contribution in [0.2, 0.25) is 0 Å². The van der Waals surface area contributed by atoms with Gasteiger partial charge in [-0.15, -0.1) is 11.3 Å². The van der Waals surface area contributed by atoms with E-state index in [1.165, 1.54) is 0 Å². The zero-order chi connectivity index (χ0) is 9.97. The second kappa shape index (κ2) is 4.20. The van der Waals surface area contributed by atoms with Gasteiger partial charge in [0.05, 0.1) is 15.2 Å². The van der Waals surface area contributed by atoms with Gasteiger partial charge >= 0.3 is 0 Å². The second-order valence-electron chi connectivity index (χ2n) is 2.65. The summed E-state index contributed by atoms with van der Waals surface area (Å²) in [6.45, 7) is 0.597. The summed E-state index contributed by atoms with van der Waals surface area (Å²) >= 11 is 4.97. The van der Waals surface area contributed by atoms with E-state index in [9.17, 15) is 0 Å². The number of nitrogens with one attached hydrogen (secondary N) is 1. The van der Waals surface area contributed by atoms with E-state index in [0.29, 0.717) is 18.3 Å². The van der Waals surface area contributed by atoms with Gasteiger partial charge in [-0.25, -0.2) is 0 Å². The summed E-state index contributed by atoms with van der Waals surface area (Å²) in [5, 5.41) is 6.83. The number of hydrogen-bond acceptors (Lipinski definition) is 5. The van der Waals surface area contributed by atoms with Crippen molar-refractivity contribution in [2.24, 2.45) is 0 Å². The van der Waals surface area contributed by atoms with Crippen molar-refractivity contribution in [1.29, 1.82) is 0 Å². The first-order valence-electron chi connectivity index (χ1n) is 4.02. The van der Waals surface area contributed by atoms with Crippen molar-refractivity contribution in [2.45, 2.75) is 6.54 Å². The average molecular weight is 274 g/mol. The predicted octanol–water partition coefficient (Wildman–Crippen LogP) is 2.28. The predicted molar refractivity (Wildman–Crippen MR) is 58.1 cm³/mol. The van der Waals surface area contributed by atoms with Gasteiger partial charge in [0.25, 0.3) is 0 Å². The lowest BCUT2D eigenvalue weighted by molar-refractivity contribution is 0.372. The molecule has 0 fully saturated rings. The Morgan fingerprint density at radius 1 is 1.57 bits per heavy atom. The van der Waals surface area contributed by atoms with Crippen LogP contribution >= 0.6 is 27.3 Å². The molecule has 14 heavy (non-hydrogen) atoms. The van der Waals surface area contributed by atoms with Crippen LogP contribution in [0.1, 0.15) is 5.89 Å². The SMILES string of the molecule is CNCc1nc(-c2ccc(Br)s2)no1. The molecule has 0 saturated carbocycles. The van der Waals surface area contributed by atoms with Crippen LogP contribution in [0.25, 0.3) is 10.7 Å². The van der Waals surface area contributed by atoms with Gasteiger partial charge < -0.3 is 9.84 Å². The van der Waals surface area contributed by atoms with E-state index in [4.69, 9.17) is 4.52 Å². The summed E-state index contributed by atoms with van der Waals surface area (Å²) in [5.41, 5.74) is 0. The quantitative estimate of drug-likeness (QED) is 0.932. The Bertz CT molecular complexity index is 426. The van der Waals surface area contributed by atoms with E-state index in [1.54, 1.807) is 11.3 Å². The minimum absolute atomic E-state index is 0.597. The smallest absolute Gasteiger partial charge is 0.240 e. The largest absolute Gasteiger partial charge is 0.338 e. The Balaban J connectivity index is 2.24. The van der Waals surface area contributed by atoms with Gasteiger partial charge in [0.1, 0.15) is 0 Å². The van der Waals surface area contributed by atoms with Crippen LogP contribution in [-0.4, -0.2) is 17.2 Å². The molecule has 6 heteroatoms. The van der Waals surface area contributed by atoms with E-state index in [0.717, 1.165) is 8.66 Å². The molecule has 1 N–H and O–H groups in total. The molecule has 2 aromatic heterocycles. The lowest BCUT2D eigenvalue weighted by Crippen LogP contribution is -2.04. The molecule has 0 saturated heterocycles. The number of nitrogens with zero attached hydrogens (tertiary/aromatic N) is 2. The molecule has 2 rings (SSSR count). The highest BCUT2D eigenvalue weighted by Gasteiger charge is 2.09. The third kappa shape index (κ3) is 2.02. The number of halogens is 1. The van der Waals surface area contributed by atoms with Crippen LogP contribution in [-0.2, 0) is 6.54 Å². The minimum Gasteiger partial charge on any atom is -0.338 e. The van der Waals surface area contributed by atoms with Crippen molar-refractivity contribution < 1.29 is 4.52 Å². The normalized spacial score (nSPS) is 10.7. The Labute approximate surface area is 93.5 Å². The third-order valence-corrected chi connectivity index (χ3v) is 3.21. The topological polar surface area (TPSA) is 51.0 Å². The first-order valence-corrected chi connectivity index (χ1v) is 5.63. The molecule has 0 aliphatic heterocycles. The summed E-state index contributed by atoms with van der Waals surface area (Å²) in [6.07, 6.45) is 0. The van der Waals surface area contributed by atoms with Crippen molar-refractivity contribution in [3.8, 4) is 10.7 Å². The van der Waals surface area contributed by atoms with E-state index in [-0.39, 0.29) is 0 Å². The lowest BCUT2D eigenvalue weighted by atomic mass is 10.4. The summed E-state index contributed by atoms with van der Waals surface area (Å²) in [7, 11) is 1.84. The van der Waals surface area contributed by atoms with Crippen LogP contribution in [0.3, 0.4) is 0 Å². The zero-order valence-corrected chi connectivity index (χ0v) is 9.85. The van der Waals surface area contributed by atoms with Crippen LogP contribution in [0.5, 0.6) is 0 Å². The van der Waals surface area contributed by atoms with E-state index < -0.39 is 0 Å². The van der Waals surface area contributed by atoms with Gasteiger partial charge in [-0.1, -0.05) is 5.16 Å². The van der Waals surface area contributed by atoms with E-state index in [2.05, 4.69) is 31.4 Å². The minimum atomic E-state index is 0.597. The molecular weight excluding hydrogens is 266 g/mol. The standard InChI is InChI=1S/C8H8BrN3OS/c1-10-4-7-11-8(12-13-7)5-2-3-6(9)14-5/h2-3,10H,4H2,1H3. The Morgan fingerprint density at radius 3 is 3.07 bits per heavy atom. The first-order chi connectivity index (χ1) is 6.79. The van der Waals surface area contributed by atoms with Crippen molar-refractivity contribution in [1.82, 2.24) is 15.5 Å². The first kappa shape index (κ1) is 9.82. The van der Waals surface area contributed by atoms with Gasteiger partial charge in [0.2, 0.25) is 11.7 Å². The second-order valence-corrected chi connectivity index (χ2v) is 5.11. The zero-order valence-electron chi connectivity index (χ0n) is 7.45. The number of rotatable bonds is 3. The molecule has 4 nitrogen and oxygen atoms in total. The van der Waals surface area contributed by atoms with Crippen molar-refractivity contribution in [2.75, 3.05) is 7.05 Å². The summed E-state index contributed by atoms with van der Waals surface area (Å²) < 4.78 is 6.10. The van der Waals surface area contributed by atoms with Crippen LogP contribution in [0.4, 0.5) is 0 Å². The molecule has 0 aromatic carbocycles. The highest BCUT2D eigenvalue weighted by atomic mass is 79.9. The van der Waals surface area contributed by atoms with Gasteiger partial charge in [-0.2, -0.15) is 4.98 Å². The number of hydrogen-bond donors (Lipinski definition) is 1. The average Bonchev–Trinajstić information content (AvgIpc) is 2.74. The highest BCUT2D eigenvalue weighted by molar-refractivity contribution is 9.11. The van der Waals surface area contributed by atoms with E-state index >= 15 is 0 Å². The maximum Gasteiger partial charge on any atom is 0.240 e. The fraction of sp³-hybridized carbons (Fsp3) is 0.250. The Morgan fingerprint density at radius 2 is 2.43 bits per heavy atom. The van der Waals surface area contributed by atoms with Crippen LogP contribution in [0, 0.1) is 0 Å². The van der Waals surface area contributed by atoms with Gasteiger partial charge in [-0.05, 0) is 35.1 Å². The van der Waals surface area contributed by atoms with Crippen molar-refractivity contribution in [3.63, 3.8) is 0 Å². The Hall–Kier alpha value is -0.720. The van der Waals surface area contributed by atoms with Gasteiger partial charge in [0, 0.05) is 0 Å². The molecule has 0 bridgehead atoms. The number of aromatic nitrogens is 2. The van der Waals surface area contributed by atoms with Crippen LogP contribution < -0.4 is 5.32 Å². The molecule has 0 spiro atoms. The van der Waals surface area contributed by atoms with Gasteiger partial charge in [0.15, 0.2) is 0 Å².